The van der Waals surface area contributed by atoms with Crippen LogP contribution in [0.5, 0.6) is 0 Å². The van der Waals surface area contributed by atoms with Gasteiger partial charge in [-0.1, -0.05) is 46.3 Å². The summed E-state index contributed by atoms with van der Waals surface area (Å²) in [6.07, 6.45) is 0.510. The van der Waals surface area contributed by atoms with Crippen LogP contribution in [0.25, 0.3) is 0 Å². The van der Waals surface area contributed by atoms with Crippen molar-refractivity contribution < 1.29 is 43.2 Å². The normalized spacial score (nSPS) is 37.3. The van der Waals surface area contributed by atoms with Crippen molar-refractivity contribution in [2.75, 3.05) is 12.5 Å². The molecule has 3 fully saturated rings. The zero-order chi connectivity index (χ0) is 30.9. The van der Waals surface area contributed by atoms with E-state index in [1.165, 1.54) is 6.08 Å². The van der Waals surface area contributed by atoms with Crippen LogP contribution in [0.1, 0.15) is 74.7 Å². The SMILES string of the molecule is CC=C1C(=O)C(OC(=O)C(C)CC)C2C1C(C1(C)CO1)C(OC(=O)C(C)CC)C(OC(=O)C=C(C)CC)C2(O)CCl. The van der Waals surface area contributed by atoms with Gasteiger partial charge in [-0.3, -0.25) is 14.4 Å². The Bertz CT molecular complexity index is 1090. The van der Waals surface area contributed by atoms with E-state index < -0.39 is 88.7 Å². The van der Waals surface area contributed by atoms with Crippen molar-refractivity contribution in [2.45, 2.75) is 104 Å². The fraction of sp³-hybridized carbons (Fsp3) is 0.742. The van der Waals surface area contributed by atoms with Crippen LogP contribution in [0.4, 0.5) is 0 Å². The fourth-order valence-electron chi connectivity index (χ4n) is 5.98. The lowest BCUT2D eigenvalue weighted by atomic mass is 9.58. The molecule has 3 aliphatic rings. The molecular weight excluding hydrogens is 552 g/mol. The van der Waals surface area contributed by atoms with E-state index in [0.29, 0.717) is 31.4 Å². The number of halogens is 1. The average Bonchev–Trinajstić information content (AvgIpc) is 3.63. The van der Waals surface area contributed by atoms with Gasteiger partial charge in [0.15, 0.2) is 18.0 Å². The lowest BCUT2D eigenvalue weighted by Gasteiger charge is -2.53. The molecule has 0 bridgehead atoms. The summed E-state index contributed by atoms with van der Waals surface area (Å²) in [5, 5.41) is 12.4. The van der Waals surface area contributed by atoms with Gasteiger partial charge in [-0.15, -0.1) is 11.6 Å². The quantitative estimate of drug-likeness (QED) is 0.122. The van der Waals surface area contributed by atoms with Gasteiger partial charge in [-0.2, -0.15) is 0 Å². The number of fused-ring (bicyclic) bond motifs is 1. The number of ether oxygens (including phenoxy) is 4. The number of Topliss-reactive ketones (excluding diaryl/α,β-unsaturated/α-hetero) is 1. The highest BCUT2D eigenvalue weighted by Gasteiger charge is 2.74. The van der Waals surface area contributed by atoms with E-state index in [2.05, 4.69) is 0 Å². The summed E-state index contributed by atoms with van der Waals surface area (Å²) in [4.78, 5) is 53.2. The molecule has 2 aliphatic carbocycles. The number of rotatable bonds is 11. The van der Waals surface area contributed by atoms with Crippen LogP contribution in [0, 0.1) is 29.6 Å². The van der Waals surface area contributed by atoms with Gasteiger partial charge in [0.2, 0.25) is 0 Å². The summed E-state index contributed by atoms with van der Waals surface area (Å²) in [5.74, 6) is -6.29. The number of allylic oxidation sites excluding steroid dienone is 2. The third-order valence-corrected chi connectivity index (χ3v) is 9.67. The zero-order valence-electron chi connectivity index (χ0n) is 25.4. The lowest BCUT2D eigenvalue weighted by Crippen LogP contribution is -2.70. The molecule has 0 aromatic rings. The topological polar surface area (TPSA) is 129 Å². The number of hydrogen-bond acceptors (Lipinski definition) is 9. The molecule has 0 aromatic heterocycles. The van der Waals surface area contributed by atoms with Gasteiger partial charge >= 0.3 is 17.9 Å². The van der Waals surface area contributed by atoms with Crippen LogP contribution < -0.4 is 0 Å². The van der Waals surface area contributed by atoms with E-state index in [0.717, 1.165) is 5.57 Å². The monoisotopic (exact) mass is 596 g/mol. The number of alkyl halides is 1. The van der Waals surface area contributed by atoms with Crippen LogP contribution in [0.15, 0.2) is 23.3 Å². The van der Waals surface area contributed by atoms with Crippen LogP contribution in [0.3, 0.4) is 0 Å². The molecule has 1 aliphatic heterocycles. The molecule has 230 valence electrons. The molecule has 41 heavy (non-hydrogen) atoms. The molecule has 1 heterocycles. The molecule has 10 atom stereocenters. The third-order valence-electron chi connectivity index (χ3n) is 9.24. The standard InChI is InChI=1S/C31H45ClO9/c1-9-16(5)13-20(33)39-27-26(41-29(36)18(7)11-3)22(30(8)15-38-30)21-19(12-4)24(34)25(23(21)31(27,37)14-32)40-28(35)17(6)10-2/h12-13,17-18,21-23,25-27,37H,9-11,14-15H2,1-8H3. The van der Waals surface area contributed by atoms with E-state index in [1.807, 2.05) is 27.7 Å². The maximum Gasteiger partial charge on any atom is 0.331 e. The Balaban J connectivity index is 2.25. The molecule has 0 aromatic carbocycles. The Labute approximate surface area is 247 Å². The molecule has 9 nitrogen and oxygen atoms in total. The highest BCUT2D eigenvalue weighted by Crippen LogP contribution is 2.59. The van der Waals surface area contributed by atoms with Crippen LogP contribution in [0.2, 0.25) is 0 Å². The van der Waals surface area contributed by atoms with Crippen molar-refractivity contribution in [3.8, 4) is 0 Å². The van der Waals surface area contributed by atoms with Crippen molar-refractivity contribution in [1.82, 2.24) is 0 Å². The summed E-state index contributed by atoms with van der Waals surface area (Å²) in [6.45, 7) is 14.6. The number of carbonyl (C=O) groups excluding carboxylic acids is 4. The maximum atomic E-state index is 13.9. The first-order valence-electron chi connectivity index (χ1n) is 14.7. The van der Waals surface area contributed by atoms with E-state index >= 15 is 0 Å². The minimum atomic E-state index is -2.10. The van der Waals surface area contributed by atoms with Crippen molar-refractivity contribution in [3.63, 3.8) is 0 Å². The first kappa shape index (κ1) is 33.3. The van der Waals surface area contributed by atoms with Gasteiger partial charge in [0.1, 0.15) is 11.7 Å². The molecule has 0 amide bonds. The Morgan fingerprint density at radius 3 is 2.10 bits per heavy atom. The van der Waals surface area contributed by atoms with Crippen LogP contribution in [-0.4, -0.2) is 70.8 Å². The maximum absolute atomic E-state index is 13.9. The minimum Gasteiger partial charge on any atom is -0.458 e. The van der Waals surface area contributed by atoms with Crippen molar-refractivity contribution in [2.24, 2.45) is 29.6 Å². The first-order chi connectivity index (χ1) is 19.2. The highest BCUT2D eigenvalue weighted by atomic mass is 35.5. The molecule has 1 N–H and O–H groups in total. The van der Waals surface area contributed by atoms with Gasteiger partial charge in [0.05, 0.1) is 29.9 Å². The molecular formula is C31H45ClO9. The second-order valence-electron chi connectivity index (χ2n) is 12.0. The number of esters is 3. The van der Waals surface area contributed by atoms with Gasteiger partial charge < -0.3 is 24.1 Å². The minimum absolute atomic E-state index is 0.301. The highest BCUT2D eigenvalue weighted by molar-refractivity contribution is 6.19. The van der Waals surface area contributed by atoms with Gasteiger partial charge in [0.25, 0.3) is 0 Å². The molecule has 2 saturated carbocycles. The van der Waals surface area contributed by atoms with Crippen molar-refractivity contribution >= 4 is 35.3 Å². The van der Waals surface area contributed by atoms with Crippen molar-refractivity contribution in [1.29, 1.82) is 0 Å². The van der Waals surface area contributed by atoms with E-state index in [1.54, 1.807) is 33.8 Å². The molecule has 10 unspecified atom stereocenters. The smallest absolute Gasteiger partial charge is 0.331 e. The van der Waals surface area contributed by atoms with Crippen LogP contribution in [-0.2, 0) is 38.1 Å². The number of aliphatic hydroxyl groups is 1. The second kappa shape index (κ2) is 13.0. The Hall–Kier alpha value is -2.23. The summed E-state index contributed by atoms with van der Waals surface area (Å²) in [5.41, 5.74) is -1.88. The summed E-state index contributed by atoms with van der Waals surface area (Å²) in [6, 6.07) is 0. The second-order valence-corrected chi connectivity index (χ2v) is 12.3. The van der Waals surface area contributed by atoms with Crippen molar-refractivity contribution in [3.05, 3.63) is 23.3 Å². The Morgan fingerprint density at radius 1 is 1.07 bits per heavy atom. The number of epoxide rings is 1. The summed E-state index contributed by atoms with van der Waals surface area (Å²) >= 11 is 6.50. The zero-order valence-corrected chi connectivity index (χ0v) is 26.2. The number of hydrogen-bond donors (Lipinski definition) is 1. The van der Waals surface area contributed by atoms with E-state index in [4.69, 9.17) is 30.5 Å². The summed E-state index contributed by atoms with van der Waals surface area (Å²) < 4.78 is 23.7. The number of ketones is 1. The third kappa shape index (κ3) is 6.27. The molecule has 0 spiro atoms. The molecule has 1 saturated heterocycles. The molecule has 3 rings (SSSR count). The van der Waals surface area contributed by atoms with Gasteiger partial charge in [-0.05, 0) is 45.6 Å². The van der Waals surface area contributed by atoms with E-state index in [9.17, 15) is 24.3 Å². The Kier molecular flexibility index (Phi) is 10.5. The first-order valence-corrected chi connectivity index (χ1v) is 15.2. The van der Waals surface area contributed by atoms with E-state index in [-0.39, 0.29) is 0 Å². The fourth-order valence-corrected chi connectivity index (χ4v) is 6.31. The summed E-state index contributed by atoms with van der Waals surface area (Å²) in [7, 11) is 0. The lowest BCUT2D eigenvalue weighted by molar-refractivity contribution is -0.243. The Morgan fingerprint density at radius 2 is 1.63 bits per heavy atom. The predicted molar refractivity (Wildman–Crippen MR) is 152 cm³/mol. The number of carbonyl (C=O) groups is 4. The van der Waals surface area contributed by atoms with Gasteiger partial charge in [-0.25, -0.2) is 4.79 Å². The largest absolute Gasteiger partial charge is 0.458 e. The molecule has 10 heteroatoms. The average molecular weight is 597 g/mol. The van der Waals surface area contributed by atoms with Gasteiger partial charge in [0, 0.05) is 23.8 Å². The van der Waals surface area contributed by atoms with Crippen LogP contribution >= 0.6 is 11.6 Å². The molecule has 0 radical (unpaired) electrons. The predicted octanol–water partition coefficient (Wildman–Crippen LogP) is 4.32.